The van der Waals surface area contributed by atoms with E-state index in [-0.39, 0.29) is 12.6 Å². The lowest BCUT2D eigenvalue weighted by Crippen LogP contribution is -2.18. The van der Waals surface area contributed by atoms with Gasteiger partial charge in [-0.25, -0.2) is 0 Å². The lowest BCUT2D eigenvalue weighted by Gasteiger charge is -2.21. The molecule has 1 atom stereocenters. The number of nitrogens with two attached hydrogens (primary N) is 1. The molecule has 0 amide bonds. The van der Waals surface area contributed by atoms with Crippen molar-refractivity contribution in [3.05, 3.63) is 83.6 Å². The molecule has 0 aliphatic rings. The number of fused-ring (bicyclic) bond motifs is 1. The molecule has 0 aliphatic heterocycles. The van der Waals surface area contributed by atoms with Gasteiger partial charge in [0, 0.05) is 29.5 Å². The van der Waals surface area contributed by atoms with Crippen LogP contribution in [0.25, 0.3) is 22.0 Å². The van der Waals surface area contributed by atoms with Crippen molar-refractivity contribution in [1.29, 1.82) is 0 Å². The van der Waals surface area contributed by atoms with Crippen LogP contribution in [0.5, 0.6) is 5.75 Å². The number of para-hydroxylation sites is 1. The number of rotatable bonds is 10. The van der Waals surface area contributed by atoms with E-state index in [0.29, 0.717) is 18.7 Å². The van der Waals surface area contributed by atoms with Crippen LogP contribution >= 0.6 is 0 Å². The highest BCUT2D eigenvalue weighted by Crippen LogP contribution is 2.34. The Bertz CT molecular complexity index is 1280. The molecular weight excluding hydrogens is 438 g/mol. The largest absolute Gasteiger partial charge is 0.487 e. The van der Waals surface area contributed by atoms with Crippen LogP contribution in [0.3, 0.4) is 0 Å². The molecule has 1 aromatic heterocycles. The number of aliphatic hydroxyl groups is 2. The summed E-state index contributed by atoms with van der Waals surface area (Å²) in [5, 5.41) is 25.9. The molecule has 1 unspecified atom stereocenters. The van der Waals surface area contributed by atoms with Gasteiger partial charge in [0.1, 0.15) is 18.1 Å². The van der Waals surface area contributed by atoms with E-state index >= 15 is 0 Å². The van der Waals surface area contributed by atoms with Gasteiger partial charge >= 0.3 is 0 Å². The van der Waals surface area contributed by atoms with Gasteiger partial charge in [0.2, 0.25) is 0 Å². The highest BCUT2D eigenvalue weighted by atomic mass is 16.5. The smallest absolute Gasteiger partial charge is 0.158 e. The van der Waals surface area contributed by atoms with Gasteiger partial charge in [0.25, 0.3) is 0 Å². The van der Waals surface area contributed by atoms with Crippen molar-refractivity contribution >= 4 is 10.9 Å². The minimum absolute atomic E-state index is 0.198. The Morgan fingerprint density at radius 2 is 1.74 bits per heavy atom. The Morgan fingerprint density at radius 1 is 0.971 bits per heavy atom. The Morgan fingerprint density at radius 3 is 2.46 bits per heavy atom. The molecule has 3 aromatic carbocycles. The van der Waals surface area contributed by atoms with Crippen molar-refractivity contribution in [2.75, 3.05) is 0 Å². The fourth-order valence-electron chi connectivity index (χ4n) is 4.60. The predicted octanol–water partition coefficient (Wildman–Crippen LogP) is 5.52. The first-order chi connectivity index (χ1) is 16.9. The fourth-order valence-corrected chi connectivity index (χ4v) is 4.60. The molecule has 4 N–H and O–H groups in total. The highest BCUT2D eigenvalue weighted by Gasteiger charge is 2.22. The Balaban J connectivity index is 1.71. The second-order valence-electron chi connectivity index (χ2n) is 9.26. The molecule has 1 heterocycles. The quantitative estimate of drug-likeness (QED) is 0.264. The molecule has 0 aliphatic carbocycles. The maximum absolute atomic E-state index is 9.96. The number of ether oxygens (including phenoxy) is 1. The number of aliphatic hydroxyl groups excluding tert-OH is 1. The van der Waals surface area contributed by atoms with E-state index in [9.17, 15) is 10.2 Å². The first kappa shape index (κ1) is 24.9. The standard InChI is InChI=1S/C29H35N3O3/c1-4-8-24(29(33)34)23-11-5-6-12-28(23)35-18-26-25-16-22(21-10-7-9-20(15-21)17-30)13-14-27(25)32(31-26)19(2)3/h5-7,9-16,19,24,29,33-34H,4,8,17-18,30H2,1-3H3. The fraction of sp³-hybridized carbons (Fsp3) is 0.345. The van der Waals surface area contributed by atoms with E-state index in [2.05, 4.69) is 44.2 Å². The summed E-state index contributed by atoms with van der Waals surface area (Å²) in [7, 11) is 0. The monoisotopic (exact) mass is 473 g/mol. The lowest BCUT2D eigenvalue weighted by atomic mass is 9.93. The first-order valence-electron chi connectivity index (χ1n) is 12.3. The molecule has 0 radical (unpaired) electrons. The maximum Gasteiger partial charge on any atom is 0.158 e. The number of benzene rings is 3. The summed E-state index contributed by atoms with van der Waals surface area (Å²) in [4.78, 5) is 0. The molecular formula is C29H35N3O3. The number of aromatic nitrogens is 2. The first-order valence-corrected chi connectivity index (χ1v) is 12.3. The van der Waals surface area contributed by atoms with E-state index in [1.165, 1.54) is 0 Å². The van der Waals surface area contributed by atoms with Crippen LogP contribution in [0.2, 0.25) is 0 Å². The zero-order valence-electron chi connectivity index (χ0n) is 20.7. The molecule has 6 nitrogen and oxygen atoms in total. The average Bonchev–Trinajstić information content (AvgIpc) is 3.24. The average molecular weight is 474 g/mol. The van der Waals surface area contributed by atoms with E-state index < -0.39 is 12.2 Å². The molecule has 4 aromatic rings. The van der Waals surface area contributed by atoms with Gasteiger partial charge in [-0.15, -0.1) is 0 Å². The van der Waals surface area contributed by atoms with E-state index in [0.717, 1.165) is 45.3 Å². The molecule has 0 saturated heterocycles. The zero-order chi connectivity index (χ0) is 24.9. The van der Waals surface area contributed by atoms with Crippen LogP contribution in [-0.2, 0) is 13.2 Å². The van der Waals surface area contributed by atoms with Crippen molar-refractivity contribution in [2.24, 2.45) is 5.73 Å². The van der Waals surface area contributed by atoms with Crippen molar-refractivity contribution in [3.8, 4) is 16.9 Å². The molecule has 0 bridgehead atoms. The van der Waals surface area contributed by atoms with Gasteiger partial charge in [-0.3, -0.25) is 4.68 Å². The second kappa shape index (κ2) is 11.0. The number of hydrogen-bond donors (Lipinski definition) is 3. The molecule has 4 rings (SSSR count). The highest BCUT2D eigenvalue weighted by molar-refractivity contribution is 5.87. The molecule has 0 spiro atoms. The Kier molecular flexibility index (Phi) is 7.86. The maximum atomic E-state index is 9.96. The summed E-state index contributed by atoms with van der Waals surface area (Å²) >= 11 is 0. The van der Waals surface area contributed by atoms with Gasteiger partial charge in [-0.05, 0) is 61.2 Å². The Hall–Kier alpha value is -3.19. The van der Waals surface area contributed by atoms with Crippen LogP contribution in [0.4, 0.5) is 0 Å². The molecule has 35 heavy (non-hydrogen) atoms. The summed E-state index contributed by atoms with van der Waals surface area (Å²) < 4.78 is 8.29. The third kappa shape index (κ3) is 5.40. The minimum atomic E-state index is -1.44. The summed E-state index contributed by atoms with van der Waals surface area (Å²) in [6.07, 6.45) is 0.0649. The third-order valence-corrected chi connectivity index (χ3v) is 6.41. The molecule has 6 heteroatoms. The van der Waals surface area contributed by atoms with E-state index in [1.54, 1.807) is 0 Å². The van der Waals surface area contributed by atoms with E-state index in [1.807, 2.05) is 48.0 Å². The van der Waals surface area contributed by atoms with Crippen LogP contribution in [0.1, 0.15) is 62.4 Å². The van der Waals surface area contributed by atoms with Crippen molar-refractivity contribution in [1.82, 2.24) is 9.78 Å². The number of hydrogen-bond acceptors (Lipinski definition) is 5. The van der Waals surface area contributed by atoms with Gasteiger partial charge in [0.05, 0.1) is 5.52 Å². The van der Waals surface area contributed by atoms with Crippen LogP contribution in [-0.4, -0.2) is 26.3 Å². The topological polar surface area (TPSA) is 93.5 Å². The third-order valence-electron chi connectivity index (χ3n) is 6.41. The predicted molar refractivity (Wildman–Crippen MR) is 140 cm³/mol. The van der Waals surface area contributed by atoms with Crippen LogP contribution < -0.4 is 10.5 Å². The number of nitrogens with zero attached hydrogens (tertiary/aromatic N) is 2. The summed E-state index contributed by atoms with van der Waals surface area (Å²) in [5.41, 5.74) is 11.9. The van der Waals surface area contributed by atoms with Gasteiger partial charge in [0.15, 0.2) is 6.29 Å². The lowest BCUT2D eigenvalue weighted by molar-refractivity contribution is -0.0626. The van der Waals surface area contributed by atoms with Gasteiger partial charge in [-0.2, -0.15) is 5.10 Å². The van der Waals surface area contributed by atoms with Gasteiger partial charge < -0.3 is 20.7 Å². The molecule has 184 valence electrons. The summed E-state index contributed by atoms with van der Waals surface area (Å²) in [5.74, 6) is 0.251. The summed E-state index contributed by atoms with van der Waals surface area (Å²) in [6.45, 7) is 7.04. The minimum Gasteiger partial charge on any atom is -0.487 e. The second-order valence-corrected chi connectivity index (χ2v) is 9.26. The van der Waals surface area contributed by atoms with Gasteiger partial charge in [-0.1, -0.05) is 55.8 Å². The SMILES string of the molecule is CCCC(c1ccccc1OCc1nn(C(C)C)c2ccc(-c3cccc(CN)c3)cc12)C(O)O. The Labute approximate surface area is 207 Å². The van der Waals surface area contributed by atoms with E-state index in [4.69, 9.17) is 15.6 Å². The molecule has 0 saturated carbocycles. The zero-order valence-corrected chi connectivity index (χ0v) is 20.7. The van der Waals surface area contributed by atoms with Crippen molar-refractivity contribution < 1.29 is 14.9 Å². The van der Waals surface area contributed by atoms with Crippen LogP contribution in [0.15, 0.2) is 66.7 Å². The summed E-state index contributed by atoms with van der Waals surface area (Å²) in [6, 6.07) is 22.5. The molecule has 0 fully saturated rings. The van der Waals surface area contributed by atoms with Crippen molar-refractivity contribution in [3.63, 3.8) is 0 Å². The normalized spacial score (nSPS) is 12.6. The van der Waals surface area contributed by atoms with Crippen molar-refractivity contribution in [2.45, 2.75) is 65.0 Å². The van der Waals surface area contributed by atoms with Crippen LogP contribution in [0, 0.1) is 0 Å².